The highest BCUT2D eigenvalue weighted by atomic mass is 16.5. The number of nitrogens with zero attached hydrogens (tertiary/aromatic N) is 1. The predicted molar refractivity (Wildman–Crippen MR) is 133 cm³/mol. The molecule has 1 aromatic carbocycles. The van der Waals surface area contributed by atoms with Crippen LogP contribution in [0.1, 0.15) is 96.1 Å². The van der Waals surface area contributed by atoms with Crippen molar-refractivity contribution in [2.75, 3.05) is 26.3 Å². The van der Waals surface area contributed by atoms with Gasteiger partial charge < -0.3 is 14.9 Å². The lowest BCUT2D eigenvalue weighted by molar-refractivity contribution is 0.00323. The molecule has 32 heavy (non-hydrogen) atoms. The SMILES string of the molecule is C=C(C)[C@@H]1CCC(N2CCOCC2)C[C@H]1c1c(O)cc(C(C)(C)CCCCCC)cc1O. The largest absolute Gasteiger partial charge is 0.508 e. The molecule has 1 aliphatic carbocycles. The van der Waals surface area contributed by atoms with E-state index in [4.69, 9.17) is 4.74 Å². The number of allylic oxidation sites excluding steroid dienone is 1. The minimum atomic E-state index is -0.0715. The number of benzene rings is 1. The smallest absolute Gasteiger partial charge is 0.123 e. The van der Waals surface area contributed by atoms with Gasteiger partial charge in [-0.05, 0) is 67.6 Å². The van der Waals surface area contributed by atoms with Gasteiger partial charge in [-0.15, -0.1) is 0 Å². The third-order valence-electron chi connectivity index (χ3n) is 7.96. The van der Waals surface area contributed by atoms with E-state index < -0.39 is 0 Å². The number of phenols is 2. The number of morpholine rings is 1. The molecule has 0 bridgehead atoms. The summed E-state index contributed by atoms with van der Waals surface area (Å²) in [5.41, 5.74) is 2.83. The second-order valence-corrected chi connectivity index (χ2v) is 10.8. The quantitative estimate of drug-likeness (QED) is 0.337. The second kappa shape index (κ2) is 11.1. The lowest BCUT2D eigenvalue weighted by atomic mass is 9.69. The number of unbranched alkanes of at least 4 members (excludes halogenated alkanes) is 3. The molecule has 0 aromatic heterocycles. The van der Waals surface area contributed by atoms with Gasteiger partial charge in [-0.3, -0.25) is 4.90 Å². The van der Waals surface area contributed by atoms with E-state index in [2.05, 4.69) is 39.2 Å². The van der Waals surface area contributed by atoms with Gasteiger partial charge in [-0.1, -0.05) is 58.6 Å². The van der Waals surface area contributed by atoms with Crippen molar-refractivity contribution in [1.82, 2.24) is 4.90 Å². The normalized spacial score (nSPS) is 25.1. The van der Waals surface area contributed by atoms with Gasteiger partial charge in [0, 0.05) is 24.7 Å². The average molecular weight is 444 g/mol. The Morgan fingerprint density at radius 2 is 1.75 bits per heavy atom. The topological polar surface area (TPSA) is 52.9 Å². The Hall–Kier alpha value is -1.52. The molecule has 1 aliphatic heterocycles. The summed E-state index contributed by atoms with van der Waals surface area (Å²) in [5.74, 6) is 0.883. The van der Waals surface area contributed by atoms with Crippen molar-refractivity contribution in [3.05, 3.63) is 35.4 Å². The molecule has 4 nitrogen and oxygen atoms in total. The number of ether oxygens (including phenoxy) is 1. The van der Waals surface area contributed by atoms with Gasteiger partial charge in [0.15, 0.2) is 0 Å². The van der Waals surface area contributed by atoms with Gasteiger partial charge >= 0.3 is 0 Å². The van der Waals surface area contributed by atoms with Gasteiger partial charge in [0.05, 0.1) is 13.2 Å². The van der Waals surface area contributed by atoms with Crippen molar-refractivity contribution < 1.29 is 14.9 Å². The minimum absolute atomic E-state index is 0.0715. The van der Waals surface area contributed by atoms with Crippen LogP contribution in [-0.2, 0) is 10.2 Å². The van der Waals surface area contributed by atoms with E-state index in [1.165, 1.54) is 25.7 Å². The predicted octanol–water partition coefficient (Wildman–Crippen LogP) is 6.51. The van der Waals surface area contributed by atoms with Crippen molar-refractivity contribution in [2.24, 2.45) is 5.92 Å². The van der Waals surface area contributed by atoms with E-state index in [1.807, 2.05) is 12.1 Å². The highest BCUT2D eigenvalue weighted by Crippen LogP contribution is 2.49. The van der Waals surface area contributed by atoms with Crippen molar-refractivity contribution in [2.45, 2.75) is 96.4 Å². The van der Waals surface area contributed by atoms with E-state index in [9.17, 15) is 10.2 Å². The third-order valence-corrected chi connectivity index (χ3v) is 7.96. The molecule has 2 fully saturated rings. The fraction of sp³-hybridized carbons (Fsp3) is 0.714. The van der Waals surface area contributed by atoms with Crippen molar-refractivity contribution in [3.63, 3.8) is 0 Å². The van der Waals surface area contributed by atoms with Crippen LogP contribution >= 0.6 is 0 Å². The molecule has 0 amide bonds. The van der Waals surface area contributed by atoms with Crippen LogP contribution in [0.5, 0.6) is 11.5 Å². The molecule has 1 saturated heterocycles. The lowest BCUT2D eigenvalue weighted by Crippen LogP contribution is -2.46. The summed E-state index contributed by atoms with van der Waals surface area (Å²) in [6, 6.07) is 4.30. The highest BCUT2D eigenvalue weighted by molar-refractivity contribution is 5.51. The summed E-state index contributed by atoms with van der Waals surface area (Å²) in [7, 11) is 0. The van der Waals surface area contributed by atoms with Gasteiger partial charge in [0.2, 0.25) is 0 Å². The standard InChI is InChI=1S/C28H45NO3/c1-6-7-8-9-12-28(4,5)21-17-25(30)27(26(31)18-21)24-19-22(10-11-23(24)20(2)3)29-13-15-32-16-14-29/h17-18,22-24,30-31H,2,6-16,19H2,1,3-5H3/t22?,23-,24+/m0/s1. The van der Waals surface area contributed by atoms with Gasteiger partial charge in [-0.25, -0.2) is 0 Å². The molecule has 0 radical (unpaired) electrons. The van der Waals surface area contributed by atoms with Crippen LogP contribution in [0.3, 0.4) is 0 Å². The maximum atomic E-state index is 11.2. The van der Waals surface area contributed by atoms with Crippen LogP contribution in [0.2, 0.25) is 0 Å². The first kappa shape index (κ1) is 25.1. The Balaban J connectivity index is 1.84. The summed E-state index contributed by atoms with van der Waals surface area (Å²) in [4.78, 5) is 2.53. The molecule has 1 saturated carbocycles. The molecule has 0 spiro atoms. The van der Waals surface area contributed by atoms with Crippen LogP contribution in [0.25, 0.3) is 0 Å². The monoisotopic (exact) mass is 443 g/mol. The molecule has 3 rings (SSSR count). The Bertz CT molecular complexity index is 743. The maximum Gasteiger partial charge on any atom is 0.123 e. The Morgan fingerprint density at radius 1 is 1.09 bits per heavy atom. The van der Waals surface area contributed by atoms with E-state index in [1.54, 1.807) is 0 Å². The zero-order chi connectivity index (χ0) is 23.3. The highest BCUT2D eigenvalue weighted by Gasteiger charge is 2.38. The van der Waals surface area contributed by atoms with Crippen LogP contribution in [0.15, 0.2) is 24.3 Å². The summed E-state index contributed by atoms with van der Waals surface area (Å²) in [6.07, 6.45) is 9.09. The number of phenolic OH excluding ortho intramolecular Hbond substituents is 2. The molecule has 180 valence electrons. The molecule has 2 aliphatic rings. The maximum absolute atomic E-state index is 11.2. The first-order valence-corrected chi connectivity index (χ1v) is 12.8. The number of hydrogen-bond acceptors (Lipinski definition) is 4. The first-order valence-electron chi connectivity index (χ1n) is 12.8. The Labute approximate surface area is 195 Å². The van der Waals surface area contributed by atoms with E-state index in [0.717, 1.165) is 68.7 Å². The van der Waals surface area contributed by atoms with Gasteiger partial charge in [0.25, 0.3) is 0 Å². The molecule has 1 heterocycles. The summed E-state index contributed by atoms with van der Waals surface area (Å²) in [6.45, 7) is 16.6. The van der Waals surface area contributed by atoms with E-state index in [0.29, 0.717) is 6.04 Å². The summed E-state index contributed by atoms with van der Waals surface area (Å²) >= 11 is 0. The fourth-order valence-electron chi connectivity index (χ4n) is 5.86. The van der Waals surface area contributed by atoms with Gasteiger partial charge in [0.1, 0.15) is 11.5 Å². The average Bonchev–Trinajstić information content (AvgIpc) is 2.76. The molecule has 1 aromatic rings. The molecule has 4 heteroatoms. The second-order valence-electron chi connectivity index (χ2n) is 10.8. The number of aromatic hydroxyl groups is 2. The minimum Gasteiger partial charge on any atom is -0.508 e. The number of hydrogen-bond donors (Lipinski definition) is 2. The van der Waals surface area contributed by atoms with Crippen molar-refractivity contribution in [1.29, 1.82) is 0 Å². The molecule has 3 atom stereocenters. The zero-order valence-corrected chi connectivity index (χ0v) is 20.8. The van der Waals surface area contributed by atoms with Crippen LogP contribution in [-0.4, -0.2) is 47.5 Å². The Morgan fingerprint density at radius 3 is 2.34 bits per heavy atom. The summed E-state index contributed by atoms with van der Waals surface area (Å²) in [5, 5.41) is 22.3. The van der Waals surface area contributed by atoms with Crippen LogP contribution in [0, 0.1) is 5.92 Å². The van der Waals surface area contributed by atoms with Crippen LogP contribution in [0.4, 0.5) is 0 Å². The lowest BCUT2D eigenvalue weighted by Gasteiger charge is -2.43. The van der Waals surface area contributed by atoms with E-state index in [-0.39, 0.29) is 28.7 Å². The Kier molecular flexibility index (Phi) is 8.68. The van der Waals surface area contributed by atoms with Gasteiger partial charge in [-0.2, -0.15) is 0 Å². The molecule has 1 unspecified atom stereocenters. The zero-order valence-electron chi connectivity index (χ0n) is 20.8. The van der Waals surface area contributed by atoms with Crippen molar-refractivity contribution in [3.8, 4) is 11.5 Å². The summed E-state index contributed by atoms with van der Waals surface area (Å²) < 4.78 is 5.55. The molecular weight excluding hydrogens is 398 g/mol. The van der Waals surface area contributed by atoms with Crippen molar-refractivity contribution >= 4 is 0 Å². The van der Waals surface area contributed by atoms with Crippen LogP contribution < -0.4 is 0 Å². The van der Waals surface area contributed by atoms with E-state index >= 15 is 0 Å². The molecular formula is C28H45NO3. The first-order chi connectivity index (χ1) is 15.2. The number of rotatable bonds is 9. The fourth-order valence-corrected chi connectivity index (χ4v) is 5.86. The molecule has 2 N–H and O–H groups in total. The third kappa shape index (κ3) is 5.88.